The molecule has 1 aromatic rings. The lowest BCUT2D eigenvalue weighted by atomic mass is 9.84. The summed E-state index contributed by atoms with van der Waals surface area (Å²) in [4.78, 5) is 14.0. The molecule has 0 unspecified atom stereocenters. The van der Waals surface area contributed by atoms with E-state index in [0.717, 1.165) is 29.4 Å². The summed E-state index contributed by atoms with van der Waals surface area (Å²) in [6.07, 6.45) is 2.05. The van der Waals surface area contributed by atoms with Crippen molar-refractivity contribution in [3.63, 3.8) is 0 Å². The van der Waals surface area contributed by atoms with Crippen molar-refractivity contribution in [2.45, 2.75) is 18.2 Å². The number of halogens is 2. The van der Waals surface area contributed by atoms with Gasteiger partial charge in [-0.2, -0.15) is 0 Å². The number of hydrogen-bond donors (Lipinski definition) is 0. The van der Waals surface area contributed by atoms with Gasteiger partial charge < -0.3 is 4.90 Å². The van der Waals surface area contributed by atoms with Crippen molar-refractivity contribution in [1.29, 1.82) is 0 Å². The van der Waals surface area contributed by atoms with Crippen molar-refractivity contribution in [3.05, 3.63) is 34.3 Å². The summed E-state index contributed by atoms with van der Waals surface area (Å²) in [5.74, 6) is 0.629. The van der Waals surface area contributed by atoms with Crippen LogP contribution in [-0.2, 0) is 0 Å². The third kappa shape index (κ3) is 3.02. The quantitative estimate of drug-likeness (QED) is 0.781. The van der Waals surface area contributed by atoms with Gasteiger partial charge in [0.1, 0.15) is 0 Å². The van der Waals surface area contributed by atoms with Crippen molar-refractivity contribution in [3.8, 4) is 0 Å². The number of amides is 1. The second-order valence-corrected chi connectivity index (χ2v) is 6.07. The summed E-state index contributed by atoms with van der Waals surface area (Å²) in [6, 6.07) is 7.52. The molecule has 0 atom stereocenters. The number of alkyl halides is 1. The molecule has 92 valence electrons. The highest BCUT2D eigenvalue weighted by atomic mass is 79.9. The minimum absolute atomic E-state index is 0.0653. The van der Waals surface area contributed by atoms with Gasteiger partial charge >= 0.3 is 0 Å². The molecule has 2 rings (SSSR count). The van der Waals surface area contributed by atoms with Crippen LogP contribution in [0.4, 0.5) is 0 Å². The number of rotatable bonds is 3. The van der Waals surface area contributed by atoms with E-state index in [9.17, 15) is 4.79 Å². The van der Waals surface area contributed by atoms with E-state index in [-0.39, 0.29) is 5.91 Å². The van der Waals surface area contributed by atoms with E-state index in [4.69, 9.17) is 11.6 Å². The zero-order chi connectivity index (χ0) is 12.4. The molecular formula is C13H15BrClNO. The fourth-order valence-electron chi connectivity index (χ4n) is 2.11. The summed E-state index contributed by atoms with van der Waals surface area (Å²) >= 11 is 9.34. The minimum Gasteiger partial charge on any atom is -0.341 e. The highest BCUT2D eigenvalue weighted by Gasteiger charge is 2.29. The number of nitrogens with zero attached hydrogens (tertiary/aromatic N) is 1. The molecule has 17 heavy (non-hydrogen) atoms. The molecule has 0 aromatic heterocycles. The molecule has 1 saturated carbocycles. The van der Waals surface area contributed by atoms with Crippen LogP contribution in [0.15, 0.2) is 28.7 Å². The van der Waals surface area contributed by atoms with Crippen molar-refractivity contribution in [1.82, 2.24) is 4.90 Å². The molecule has 1 aliphatic carbocycles. The van der Waals surface area contributed by atoms with Crippen LogP contribution in [0.2, 0.25) is 0 Å². The van der Waals surface area contributed by atoms with Gasteiger partial charge in [-0.3, -0.25) is 4.79 Å². The molecule has 0 radical (unpaired) electrons. The first-order valence-electron chi connectivity index (χ1n) is 5.72. The van der Waals surface area contributed by atoms with E-state index >= 15 is 0 Å². The first-order valence-corrected chi connectivity index (χ1v) is 6.95. The lowest BCUT2D eigenvalue weighted by Crippen LogP contribution is -2.38. The van der Waals surface area contributed by atoms with Crippen LogP contribution < -0.4 is 0 Å². The molecule has 0 bridgehead atoms. The average Bonchev–Trinajstić information content (AvgIpc) is 2.26. The van der Waals surface area contributed by atoms with E-state index in [1.54, 1.807) is 4.90 Å². The fourth-order valence-corrected chi connectivity index (χ4v) is 3.07. The SMILES string of the molecule is CN(CC1CC(Cl)C1)C(=O)c1ccccc1Br. The molecule has 1 aliphatic rings. The van der Waals surface area contributed by atoms with Gasteiger partial charge in [-0.1, -0.05) is 12.1 Å². The van der Waals surface area contributed by atoms with Crippen LogP contribution in [0, 0.1) is 5.92 Å². The molecule has 1 fully saturated rings. The molecule has 1 amide bonds. The topological polar surface area (TPSA) is 20.3 Å². The Morgan fingerprint density at radius 2 is 2.12 bits per heavy atom. The molecule has 0 saturated heterocycles. The van der Waals surface area contributed by atoms with E-state index in [0.29, 0.717) is 11.3 Å². The molecule has 0 heterocycles. The van der Waals surface area contributed by atoms with E-state index < -0.39 is 0 Å². The molecule has 4 heteroatoms. The minimum atomic E-state index is 0.0653. The maximum absolute atomic E-state index is 12.2. The Morgan fingerprint density at radius 3 is 2.71 bits per heavy atom. The van der Waals surface area contributed by atoms with Gasteiger partial charge in [-0.25, -0.2) is 0 Å². The number of carbonyl (C=O) groups excluding carboxylic acids is 1. The van der Waals surface area contributed by atoms with Gasteiger partial charge in [0.05, 0.1) is 5.56 Å². The summed E-state index contributed by atoms with van der Waals surface area (Å²) in [7, 11) is 1.85. The lowest BCUT2D eigenvalue weighted by Gasteiger charge is -2.34. The average molecular weight is 317 g/mol. The Bertz CT molecular complexity index is 418. The highest BCUT2D eigenvalue weighted by molar-refractivity contribution is 9.10. The van der Waals surface area contributed by atoms with Crippen LogP contribution in [-0.4, -0.2) is 29.8 Å². The normalized spacial score (nSPS) is 23.0. The maximum atomic E-state index is 12.2. The number of carbonyl (C=O) groups is 1. The zero-order valence-corrected chi connectivity index (χ0v) is 12.0. The Hall–Kier alpha value is -0.540. The van der Waals surface area contributed by atoms with Gasteiger partial charge in [-0.05, 0) is 46.8 Å². The Labute approximate surface area is 115 Å². The van der Waals surface area contributed by atoms with Gasteiger partial charge in [0.2, 0.25) is 0 Å². The van der Waals surface area contributed by atoms with Gasteiger partial charge in [0, 0.05) is 23.4 Å². The lowest BCUT2D eigenvalue weighted by molar-refractivity contribution is 0.0746. The van der Waals surface area contributed by atoms with Crippen molar-refractivity contribution >= 4 is 33.4 Å². The van der Waals surface area contributed by atoms with Crippen molar-refractivity contribution < 1.29 is 4.79 Å². The third-order valence-electron chi connectivity index (χ3n) is 3.16. The van der Waals surface area contributed by atoms with E-state index in [2.05, 4.69) is 15.9 Å². The summed E-state index contributed by atoms with van der Waals surface area (Å²) < 4.78 is 0.848. The number of hydrogen-bond acceptors (Lipinski definition) is 1. The van der Waals surface area contributed by atoms with Crippen LogP contribution in [0.1, 0.15) is 23.2 Å². The monoisotopic (exact) mass is 315 g/mol. The molecule has 0 spiro atoms. The predicted molar refractivity (Wildman–Crippen MR) is 73.5 cm³/mol. The molecule has 0 N–H and O–H groups in total. The summed E-state index contributed by atoms with van der Waals surface area (Å²) in [6.45, 7) is 0.795. The highest BCUT2D eigenvalue weighted by Crippen LogP contribution is 2.32. The van der Waals surface area contributed by atoms with Crippen molar-refractivity contribution in [2.75, 3.05) is 13.6 Å². The second kappa shape index (κ2) is 5.40. The fraction of sp³-hybridized carbons (Fsp3) is 0.462. The van der Waals surface area contributed by atoms with Gasteiger partial charge in [0.25, 0.3) is 5.91 Å². The molecular weight excluding hydrogens is 302 g/mol. The molecule has 0 aliphatic heterocycles. The number of benzene rings is 1. The van der Waals surface area contributed by atoms with Crippen LogP contribution in [0.25, 0.3) is 0 Å². The van der Waals surface area contributed by atoms with Crippen molar-refractivity contribution in [2.24, 2.45) is 5.92 Å². The van der Waals surface area contributed by atoms with Gasteiger partial charge in [-0.15, -0.1) is 11.6 Å². The van der Waals surface area contributed by atoms with Crippen LogP contribution >= 0.6 is 27.5 Å². The molecule has 1 aromatic carbocycles. The summed E-state index contributed by atoms with van der Waals surface area (Å²) in [5, 5.41) is 0.312. The standard InChI is InChI=1S/C13H15BrClNO/c1-16(8-9-6-10(15)7-9)13(17)11-4-2-3-5-12(11)14/h2-5,9-10H,6-8H2,1H3. The second-order valence-electron chi connectivity index (χ2n) is 4.60. The Morgan fingerprint density at radius 1 is 1.47 bits per heavy atom. The third-order valence-corrected chi connectivity index (χ3v) is 4.21. The maximum Gasteiger partial charge on any atom is 0.254 e. The van der Waals surface area contributed by atoms with E-state index in [1.165, 1.54) is 0 Å². The smallest absolute Gasteiger partial charge is 0.254 e. The van der Waals surface area contributed by atoms with Crippen LogP contribution in [0.3, 0.4) is 0 Å². The van der Waals surface area contributed by atoms with Crippen LogP contribution in [0.5, 0.6) is 0 Å². The zero-order valence-electron chi connectivity index (χ0n) is 9.70. The summed E-state index contributed by atoms with van der Waals surface area (Å²) in [5.41, 5.74) is 0.719. The molecule has 2 nitrogen and oxygen atoms in total. The van der Waals surface area contributed by atoms with Gasteiger partial charge in [0.15, 0.2) is 0 Å². The largest absolute Gasteiger partial charge is 0.341 e. The predicted octanol–water partition coefficient (Wildman–Crippen LogP) is 3.54. The van der Waals surface area contributed by atoms with E-state index in [1.807, 2.05) is 31.3 Å². The Balaban J connectivity index is 1.97. The Kier molecular flexibility index (Phi) is 4.10. The first kappa shape index (κ1) is 12.9. The first-order chi connectivity index (χ1) is 8.08.